The van der Waals surface area contributed by atoms with Crippen LogP contribution in [0, 0.1) is 0 Å². The van der Waals surface area contributed by atoms with Crippen molar-refractivity contribution >= 4 is 17.3 Å². The van der Waals surface area contributed by atoms with E-state index in [2.05, 4.69) is 23.5 Å². The highest BCUT2D eigenvalue weighted by Gasteiger charge is 2.10. The third-order valence-electron chi connectivity index (χ3n) is 3.61. The number of benzene rings is 2. The molecule has 2 nitrogen and oxygen atoms in total. The van der Waals surface area contributed by atoms with Crippen LogP contribution in [0.15, 0.2) is 36.4 Å². The molecule has 0 unspecified atom stereocenters. The molecule has 19 heavy (non-hydrogen) atoms. The summed E-state index contributed by atoms with van der Waals surface area (Å²) in [5.74, 6) is 0.128. The number of phenolic OH excluding ortho intramolecular Hbond substituents is 1. The minimum absolute atomic E-state index is 0.128. The average molecular weight is 274 g/mol. The van der Waals surface area contributed by atoms with Gasteiger partial charge in [-0.1, -0.05) is 23.7 Å². The van der Waals surface area contributed by atoms with Crippen molar-refractivity contribution in [2.45, 2.75) is 25.8 Å². The fourth-order valence-corrected chi connectivity index (χ4v) is 2.75. The highest BCUT2D eigenvalue weighted by molar-refractivity contribution is 6.32. The van der Waals surface area contributed by atoms with Crippen LogP contribution in [-0.4, -0.2) is 5.11 Å². The summed E-state index contributed by atoms with van der Waals surface area (Å²) < 4.78 is 0. The first-order chi connectivity index (χ1) is 9.22. The van der Waals surface area contributed by atoms with E-state index < -0.39 is 0 Å². The molecule has 0 saturated carbocycles. The molecular weight excluding hydrogens is 258 g/mol. The van der Waals surface area contributed by atoms with E-state index in [9.17, 15) is 5.11 Å². The molecule has 0 aliphatic heterocycles. The van der Waals surface area contributed by atoms with E-state index >= 15 is 0 Å². The van der Waals surface area contributed by atoms with Gasteiger partial charge in [0.2, 0.25) is 0 Å². The average Bonchev–Trinajstić information content (AvgIpc) is 2.87. The van der Waals surface area contributed by atoms with Crippen molar-refractivity contribution in [3.63, 3.8) is 0 Å². The second kappa shape index (κ2) is 5.14. The molecular formula is C16H16ClNO. The highest BCUT2D eigenvalue weighted by Crippen LogP contribution is 2.26. The first-order valence-corrected chi connectivity index (χ1v) is 6.93. The molecule has 0 spiro atoms. The molecule has 1 aliphatic rings. The predicted molar refractivity (Wildman–Crippen MR) is 78.9 cm³/mol. The molecule has 3 heteroatoms. The minimum atomic E-state index is 0.128. The Kier molecular flexibility index (Phi) is 3.34. The van der Waals surface area contributed by atoms with E-state index in [1.807, 2.05) is 6.07 Å². The number of anilines is 1. The summed E-state index contributed by atoms with van der Waals surface area (Å²) in [6.45, 7) is 0.707. The third kappa shape index (κ3) is 2.69. The number of hydrogen-bond acceptors (Lipinski definition) is 2. The van der Waals surface area contributed by atoms with Gasteiger partial charge in [-0.05, 0) is 60.2 Å². The molecule has 0 atom stereocenters. The maximum atomic E-state index is 9.38. The maximum Gasteiger partial charge on any atom is 0.134 e. The van der Waals surface area contributed by atoms with Crippen LogP contribution in [0.1, 0.15) is 23.1 Å². The Morgan fingerprint density at radius 3 is 2.74 bits per heavy atom. The Labute approximate surface area is 118 Å². The van der Waals surface area contributed by atoms with Gasteiger partial charge in [0, 0.05) is 12.2 Å². The summed E-state index contributed by atoms with van der Waals surface area (Å²) in [7, 11) is 0. The van der Waals surface area contributed by atoms with Gasteiger partial charge in [-0.25, -0.2) is 0 Å². The number of nitrogens with one attached hydrogen (secondary N) is 1. The topological polar surface area (TPSA) is 32.3 Å². The summed E-state index contributed by atoms with van der Waals surface area (Å²) in [5, 5.41) is 13.2. The lowest BCUT2D eigenvalue weighted by atomic mass is 10.1. The van der Waals surface area contributed by atoms with Gasteiger partial charge in [0.15, 0.2) is 0 Å². The summed E-state index contributed by atoms with van der Waals surface area (Å²) in [6.07, 6.45) is 3.67. The molecule has 2 aromatic carbocycles. The Balaban J connectivity index is 1.70. The van der Waals surface area contributed by atoms with E-state index in [1.165, 1.54) is 30.4 Å². The Bertz CT molecular complexity index is 610. The fraction of sp³-hybridized carbons (Fsp3) is 0.250. The van der Waals surface area contributed by atoms with Crippen molar-refractivity contribution in [2.24, 2.45) is 0 Å². The van der Waals surface area contributed by atoms with E-state index in [-0.39, 0.29) is 5.75 Å². The Hall–Kier alpha value is -1.67. The minimum Gasteiger partial charge on any atom is -0.506 e. The molecule has 0 radical (unpaired) electrons. The zero-order valence-electron chi connectivity index (χ0n) is 10.6. The monoisotopic (exact) mass is 273 g/mol. The van der Waals surface area contributed by atoms with Crippen LogP contribution in [0.2, 0.25) is 5.02 Å². The van der Waals surface area contributed by atoms with E-state index in [0.29, 0.717) is 11.6 Å². The molecule has 0 heterocycles. The Morgan fingerprint density at radius 1 is 1.05 bits per heavy atom. The van der Waals surface area contributed by atoms with Gasteiger partial charge in [0.25, 0.3) is 0 Å². The van der Waals surface area contributed by atoms with Crippen molar-refractivity contribution in [1.82, 2.24) is 0 Å². The molecule has 1 aliphatic carbocycles. The molecule has 0 fully saturated rings. The van der Waals surface area contributed by atoms with Crippen molar-refractivity contribution in [3.05, 3.63) is 58.1 Å². The van der Waals surface area contributed by atoms with Gasteiger partial charge in [-0.15, -0.1) is 0 Å². The first kappa shape index (κ1) is 12.4. The SMILES string of the molecule is Oc1ccc(CNc2ccc3c(c2)CCC3)cc1Cl. The summed E-state index contributed by atoms with van der Waals surface area (Å²) in [4.78, 5) is 0. The van der Waals surface area contributed by atoms with E-state index in [1.54, 1.807) is 12.1 Å². The summed E-state index contributed by atoms with van der Waals surface area (Å²) >= 11 is 5.89. The largest absolute Gasteiger partial charge is 0.506 e. The van der Waals surface area contributed by atoms with Gasteiger partial charge in [-0.2, -0.15) is 0 Å². The van der Waals surface area contributed by atoms with Crippen molar-refractivity contribution in [3.8, 4) is 5.75 Å². The highest BCUT2D eigenvalue weighted by atomic mass is 35.5. The predicted octanol–water partition coefficient (Wildman–Crippen LogP) is 4.15. The van der Waals surface area contributed by atoms with Crippen LogP contribution in [0.5, 0.6) is 5.75 Å². The molecule has 0 amide bonds. The van der Waals surface area contributed by atoms with Gasteiger partial charge >= 0.3 is 0 Å². The lowest BCUT2D eigenvalue weighted by Crippen LogP contribution is -2.00. The second-order valence-corrected chi connectivity index (χ2v) is 5.38. The van der Waals surface area contributed by atoms with Crippen molar-refractivity contribution < 1.29 is 5.11 Å². The van der Waals surface area contributed by atoms with Crippen LogP contribution in [0.25, 0.3) is 0 Å². The van der Waals surface area contributed by atoms with Crippen LogP contribution in [0.3, 0.4) is 0 Å². The van der Waals surface area contributed by atoms with Crippen molar-refractivity contribution in [1.29, 1.82) is 0 Å². The first-order valence-electron chi connectivity index (χ1n) is 6.55. The van der Waals surface area contributed by atoms with Crippen molar-refractivity contribution in [2.75, 3.05) is 5.32 Å². The number of phenols is 1. The number of halogens is 1. The third-order valence-corrected chi connectivity index (χ3v) is 3.91. The molecule has 2 N–H and O–H groups in total. The van der Waals surface area contributed by atoms with E-state index in [0.717, 1.165) is 11.3 Å². The lowest BCUT2D eigenvalue weighted by molar-refractivity contribution is 0.475. The van der Waals surface area contributed by atoms with Gasteiger partial charge in [0.1, 0.15) is 5.75 Å². The van der Waals surface area contributed by atoms with E-state index in [4.69, 9.17) is 11.6 Å². The molecule has 0 saturated heterocycles. The molecule has 0 bridgehead atoms. The molecule has 0 aromatic heterocycles. The zero-order chi connectivity index (χ0) is 13.2. The van der Waals surface area contributed by atoms with Crippen LogP contribution < -0.4 is 5.32 Å². The number of hydrogen-bond donors (Lipinski definition) is 2. The van der Waals surface area contributed by atoms with Gasteiger partial charge < -0.3 is 10.4 Å². The zero-order valence-corrected chi connectivity index (χ0v) is 11.4. The number of aromatic hydroxyl groups is 1. The number of fused-ring (bicyclic) bond motifs is 1. The summed E-state index contributed by atoms with van der Waals surface area (Å²) in [6, 6.07) is 11.9. The molecule has 2 aromatic rings. The summed E-state index contributed by atoms with van der Waals surface area (Å²) in [5.41, 5.74) is 5.15. The quantitative estimate of drug-likeness (QED) is 0.881. The standard InChI is InChI=1S/C16H16ClNO/c17-15-8-11(4-7-16(15)19)10-18-14-6-5-12-2-1-3-13(12)9-14/h4-9,18-19H,1-3,10H2. The van der Waals surface area contributed by atoms with Crippen LogP contribution >= 0.6 is 11.6 Å². The van der Waals surface area contributed by atoms with Crippen LogP contribution in [-0.2, 0) is 19.4 Å². The maximum absolute atomic E-state index is 9.38. The number of rotatable bonds is 3. The normalized spacial score (nSPS) is 13.3. The molecule has 98 valence electrons. The second-order valence-electron chi connectivity index (χ2n) is 4.98. The fourth-order valence-electron chi connectivity index (χ4n) is 2.55. The van der Waals surface area contributed by atoms with Gasteiger partial charge in [0.05, 0.1) is 5.02 Å². The number of aryl methyl sites for hydroxylation is 2. The van der Waals surface area contributed by atoms with Gasteiger partial charge in [-0.3, -0.25) is 0 Å². The van der Waals surface area contributed by atoms with Crippen LogP contribution in [0.4, 0.5) is 5.69 Å². The lowest BCUT2D eigenvalue weighted by Gasteiger charge is -2.09. The Morgan fingerprint density at radius 2 is 1.89 bits per heavy atom. The smallest absolute Gasteiger partial charge is 0.134 e. The molecule has 3 rings (SSSR count).